The minimum absolute atomic E-state index is 0.734. The zero-order chi connectivity index (χ0) is 8.67. The van der Waals surface area contributed by atoms with Crippen LogP contribution in [0.4, 0.5) is 0 Å². The van der Waals surface area contributed by atoms with Crippen LogP contribution < -0.4 is 0 Å². The Balaban J connectivity index is 1.97. The molecule has 1 fully saturated rings. The summed E-state index contributed by atoms with van der Waals surface area (Å²) in [6, 6.07) is 5.22. The third kappa shape index (κ3) is 1.12. The highest BCUT2D eigenvalue weighted by Crippen LogP contribution is 2.33. The van der Waals surface area contributed by atoms with E-state index in [1.165, 1.54) is 38.9 Å². The first kappa shape index (κ1) is 7.63. The highest BCUT2D eigenvalue weighted by atomic mass is 15.2. The zero-order valence-electron chi connectivity index (χ0n) is 7.95. The van der Waals surface area contributed by atoms with Crippen LogP contribution in [0.3, 0.4) is 0 Å². The van der Waals surface area contributed by atoms with E-state index < -0.39 is 0 Å². The fourth-order valence-corrected chi connectivity index (χ4v) is 2.76. The van der Waals surface area contributed by atoms with E-state index in [0.717, 1.165) is 6.04 Å². The van der Waals surface area contributed by atoms with Gasteiger partial charge in [-0.15, -0.1) is 0 Å². The van der Waals surface area contributed by atoms with Crippen LogP contribution in [0.5, 0.6) is 0 Å². The molecule has 0 N–H and O–H groups in total. The summed E-state index contributed by atoms with van der Waals surface area (Å²) in [4.78, 5) is 2.65. The van der Waals surface area contributed by atoms with Crippen molar-refractivity contribution in [2.24, 2.45) is 0 Å². The largest absolute Gasteiger partial charge is 0.349 e. The molecule has 3 heterocycles. The van der Waals surface area contributed by atoms with E-state index >= 15 is 0 Å². The Morgan fingerprint density at radius 2 is 2.15 bits per heavy atom. The topological polar surface area (TPSA) is 8.17 Å². The van der Waals surface area contributed by atoms with Crippen molar-refractivity contribution < 1.29 is 0 Å². The predicted octanol–water partition coefficient (Wildman–Crippen LogP) is 2.03. The van der Waals surface area contributed by atoms with Gasteiger partial charge in [0.2, 0.25) is 0 Å². The van der Waals surface area contributed by atoms with E-state index in [1.54, 1.807) is 5.69 Å². The van der Waals surface area contributed by atoms with Crippen LogP contribution in [0.1, 0.15) is 31.0 Å². The lowest BCUT2D eigenvalue weighted by molar-refractivity contribution is 0.115. The third-order valence-electron chi connectivity index (χ3n) is 3.45. The Morgan fingerprint density at radius 1 is 1.15 bits per heavy atom. The molecule has 2 heteroatoms. The predicted molar refractivity (Wildman–Crippen MR) is 52.6 cm³/mol. The van der Waals surface area contributed by atoms with Crippen LogP contribution in [0.15, 0.2) is 18.3 Å². The van der Waals surface area contributed by atoms with Crippen LogP contribution >= 0.6 is 0 Å². The fraction of sp³-hybridized carbons (Fsp3) is 0.636. The molecule has 1 saturated heterocycles. The van der Waals surface area contributed by atoms with E-state index in [-0.39, 0.29) is 0 Å². The van der Waals surface area contributed by atoms with Gasteiger partial charge in [0.15, 0.2) is 0 Å². The molecule has 1 aromatic rings. The van der Waals surface area contributed by atoms with Crippen molar-refractivity contribution in [2.45, 2.75) is 31.8 Å². The maximum absolute atomic E-state index is 2.65. The number of hydrogen-bond acceptors (Lipinski definition) is 1. The SMILES string of the molecule is c1cc2n(c1)CCN1CCCCC21. The minimum atomic E-state index is 0.734. The molecule has 0 aliphatic carbocycles. The molecular weight excluding hydrogens is 160 g/mol. The smallest absolute Gasteiger partial charge is 0.0501 e. The molecule has 0 radical (unpaired) electrons. The minimum Gasteiger partial charge on any atom is -0.349 e. The van der Waals surface area contributed by atoms with Crippen molar-refractivity contribution in [3.8, 4) is 0 Å². The third-order valence-corrected chi connectivity index (χ3v) is 3.45. The molecule has 0 amide bonds. The Kier molecular flexibility index (Phi) is 1.69. The van der Waals surface area contributed by atoms with Gasteiger partial charge in [-0.05, 0) is 31.5 Å². The number of rotatable bonds is 0. The monoisotopic (exact) mass is 176 g/mol. The molecule has 1 aromatic heterocycles. The second-order valence-electron chi connectivity index (χ2n) is 4.17. The molecule has 13 heavy (non-hydrogen) atoms. The summed E-state index contributed by atoms with van der Waals surface area (Å²) >= 11 is 0. The van der Waals surface area contributed by atoms with E-state index in [2.05, 4.69) is 27.8 Å². The second-order valence-corrected chi connectivity index (χ2v) is 4.17. The summed E-state index contributed by atoms with van der Waals surface area (Å²) in [5.74, 6) is 0. The van der Waals surface area contributed by atoms with Crippen molar-refractivity contribution in [3.05, 3.63) is 24.0 Å². The van der Waals surface area contributed by atoms with Crippen molar-refractivity contribution in [1.29, 1.82) is 0 Å². The van der Waals surface area contributed by atoms with Crippen LogP contribution in [-0.4, -0.2) is 22.6 Å². The standard InChI is InChI=1S/C11H16N2/c1-2-6-12-8-9-13-7-3-5-11(13)10(12)4-1/h3,5,7,10H,1-2,4,6,8-9H2. The molecule has 1 atom stereocenters. The van der Waals surface area contributed by atoms with Crippen LogP contribution in [0.25, 0.3) is 0 Å². The molecular formula is C11H16N2. The number of aromatic nitrogens is 1. The van der Waals surface area contributed by atoms with Gasteiger partial charge in [0, 0.05) is 25.0 Å². The molecule has 2 nitrogen and oxygen atoms in total. The Morgan fingerprint density at radius 3 is 3.15 bits per heavy atom. The van der Waals surface area contributed by atoms with Gasteiger partial charge >= 0.3 is 0 Å². The van der Waals surface area contributed by atoms with Crippen molar-refractivity contribution in [1.82, 2.24) is 9.47 Å². The molecule has 2 aliphatic rings. The lowest BCUT2D eigenvalue weighted by Crippen LogP contribution is -2.40. The Bertz CT molecular complexity index is 303. The van der Waals surface area contributed by atoms with Gasteiger partial charge in [0.25, 0.3) is 0 Å². The van der Waals surface area contributed by atoms with Gasteiger partial charge in [-0.1, -0.05) is 6.42 Å². The molecule has 70 valence electrons. The van der Waals surface area contributed by atoms with E-state index in [9.17, 15) is 0 Å². The van der Waals surface area contributed by atoms with E-state index in [1.807, 2.05) is 0 Å². The molecule has 0 saturated carbocycles. The van der Waals surface area contributed by atoms with E-state index in [4.69, 9.17) is 0 Å². The summed E-state index contributed by atoms with van der Waals surface area (Å²) in [6.45, 7) is 3.76. The van der Waals surface area contributed by atoms with E-state index in [0.29, 0.717) is 0 Å². The first-order valence-corrected chi connectivity index (χ1v) is 5.34. The highest BCUT2D eigenvalue weighted by molar-refractivity contribution is 5.15. The summed E-state index contributed by atoms with van der Waals surface area (Å²) in [6.07, 6.45) is 6.40. The normalized spacial score (nSPS) is 28.2. The first-order chi connectivity index (χ1) is 6.45. The van der Waals surface area contributed by atoms with Gasteiger partial charge < -0.3 is 4.57 Å². The molecule has 2 aliphatic heterocycles. The molecule has 3 rings (SSSR count). The second kappa shape index (κ2) is 2.88. The van der Waals surface area contributed by atoms with Crippen LogP contribution in [0, 0.1) is 0 Å². The first-order valence-electron chi connectivity index (χ1n) is 5.34. The Hall–Kier alpha value is -0.760. The highest BCUT2D eigenvalue weighted by Gasteiger charge is 2.28. The van der Waals surface area contributed by atoms with Gasteiger partial charge in [-0.25, -0.2) is 0 Å². The van der Waals surface area contributed by atoms with Crippen molar-refractivity contribution in [2.75, 3.05) is 13.1 Å². The average Bonchev–Trinajstić information content (AvgIpc) is 2.65. The fourth-order valence-electron chi connectivity index (χ4n) is 2.76. The molecule has 0 bridgehead atoms. The lowest BCUT2D eigenvalue weighted by atomic mass is 9.98. The summed E-state index contributed by atoms with van der Waals surface area (Å²) in [5.41, 5.74) is 1.55. The zero-order valence-corrected chi connectivity index (χ0v) is 7.95. The van der Waals surface area contributed by atoms with Gasteiger partial charge in [0.1, 0.15) is 0 Å². The molecule has 1 unspecified atom stereocenters. The van der Waals surface area contributed by atoms with Crippen LogP contribution in [-0.2, 0) is 6.54 Å². The summed E-state index contributed by atoms with van der Waals surface area (Å²) in [5, 5.41) is 0. The number of hydrogen-bond donors (Lipinski definition) is 0. The maximum atomic E-state index is 2.65. The van der Waals surface area contributed by atoms with Gasteiger partial charge in [-0.2, -0.15) is 0 Å². The van der Waals surface area contributed by atoms with Crippen molar-refractivity contribution >= 4 is 0 Å². The number of nitrogens with zero attached hydrogens (tertiary/aromatic N) is 2. The average molecular weight is 176 g/mol. The summed E-state index contributed by atoms with van der Waals surface area (Å²) in [7, 11) is 0. The summed E-state index contributed by atoms with van der Waals surface area (Å²) < 4.78 is 2.42. The molecule has 0 aromatic carbocycles. The maximum Gasteiger partial charge on any atom is 0.0501 e. The van der Waals surface area contributed by atoms with Crippen molar-refractivity contribution in [3.63, 3.8) is 0 Å². The Labute approximate surface area is 79.2 Å². The number of piperidine rings is 1. The van der Waals surface area contributed by atoms with Gasteiger partial charge in [-0.3, -0.25) is 4.90 Å². The lowest BCUT2D eigenvalue weighted by Gasteiger charge is -2.40. The number of fused-ring (bicyclic) bond motifs is 3. The molecule has 0 spiro atoms. The van der Waals surface area contributed by atoms with Gasteiger partial charge in [0.05, 0.1) is 6.04 Å². The van der Waals surface area contributed by atoms with Crippen LogP contribution in [0.2, 0.25) is 0 Å². The quantitative estimate of drug-likeness (QED) is 0.587.